The Morgan fingerprint density at radius 2 is 1.59 bits per heavy atom. The second-order valence-corrected chi connectivity index (χ2v) is 6.38. The van der Waals surface area contributed by atoms with E-state index in [1.807, 2.05) is 0 Å². The van der Waals surface area contributed by atoms with E-state index in [1.165, 1.54) is 11.2 Å². The number of hydrogen-bond acceptors (Lipinski definition) is 4. The van der Waals surface area contributed by atoms with Crippen molar-refractivity contribution in [3.63, 3.8) is 0 Å². The summed E-state index contributed by atoms with van der Waals surface area (Å²) < 4.78 is 5.19. The van der Waals surface area contributed by atoms with Gasteiger partial charge in [-0.1, -0.05) is 12.1 Å². The van der Waals surface area contributed by atoms with Crippen LogP contribution in [0.15, 0.2) is 59.2 Å². The Hall–Kier alpha value is -3.67. The van der Waals surface area contributed by atoms with Crippen molar-refractivity contribution in [3.8, 4) is 0 Å². The number of carbonyl (C=O) groups is 3. The van der Waals surface area contributed by atoms with Crippen molar-refractivity contribution in [1.82, 2.24) is 0 Å². The van der Waals surface area contributed by atoms with Crippen LogP contribution in [0.1, 0.15) is 42.4 Å². The minimum atomic E-state index is -0.356. The monoisotopic (exact) mass is 360 g/mol. The van der Waals surface area contributed by atoms with Gasteiger partial charge in [-0.3, -0.25) is 14.4 Å². The first-order valence-electron chi connectivity index (χ1n) is 8.41. The molecule has 6 nitrogen and oxygen atoms in total. The maximum atomic E-state index is 12.6. The van der Waals surface area contributed by atoms with Gasteiger partial charge in [0.05, 0.1) is 23.1 Å². The molecule has 0 atom stereocenters. The SMILES string of the molecule is Cc1cc(NC(=O)c2occc2C)ccc1N1C(=O)c2ccccc2C1=O. The largest absolute Gasteiger partial charge is 0.459 e. The summed E-state index contributed by atoms with van der Waals surface area (Å²) in [4.78, 5) is 38.7. The van der Waals surface area contributed by atoms with E-state index >= 15 is 0 Å². The number of amides is 3. The Morgan fingerprint density at radius 1 is 0.926 bits per heavy atom. The lowest BCUT2D eigenvalue weighted by Gasteiger charge is -2.17. The van der Waals surface area contributed by atoms with Gasteiger partial charge < -0.3 is 9.73 Å². The molecule has 1 N–H and O–H groups in total. The molecule has 1 aliphatic heterocycles. The second-order valence-electron chi connectivity index (χ2n) is 6.38. The number of nitrogens with zero attached hydrogens (tertiary/aromatic N) is 1. The van der Waals surface area contributed by atoms with Gasteiger partial charge in [0.1, 0.15) is 0 Å². The maximum Gasteiger partial charge on any atom is 0.291 e. The molecule has 0 spiro atoms. The van der Waals surface area contributed by atoms with Crippen LogP contribution in [0.25, 0.3) is 0 Å². The van der Waals surface area contributed by atoms with Crippen LogP contribution in [0.3, 0.4) is 0 Å². The van der Waals surface area contributed by atoms with Gasteiger partial charge in [-0.25, -0.2) is 4.90 Å². The van der Waals surface area contributed by atoms with Crippen molar-refractivity contribution in [3.05, 3.63) is 82.8 Å². The molecular formula is C21H16N2O4. The molecule has 1 aliphatic rings. The number of carbonyl (C=O) groups excluding carboxylic acids is 3. The van der Waals surface area contributed by atoms with Crippen molar-refractivity contribution >= 4 is 29.1 Å². The molecular weight excluding hydrogens is 344 g/mol. The number of rotatable bonds is 3. The van der Waals surface area contributed by atoms with Crippen LogP contribution in [-0.4, -0.2) is 17.7 Å². The fourth-order valence-electron chi connectivity index (χ4n) is 3.19. The van der Waals surface area contributed by atoms with E-state index in [2.05, 4.69) is 5.32 Å². The number of hydrogen-bond donors (Lipinski definition) is 1. The summed E-state index contributed by atoms with van der Waals surface area (Å²) in [6.07, 6.45) is 1.46. The van der Waals surface area contributed by atoms with Gasteiger partial charge in [-0.2, -0.15) is 0 Å². The van der Waals surface area contributed by atoms with Crippen LogP contribution in [0.4, 0.5) is 11.4 Å². The van der Waals surface area contributed by atoms with Crippen molar-refractivity contribution in [2.45, 2.75) is 13.8 Å². The Labute approximate surface area is 155 Å². The van der Waals surface area contributed by atoms with Crippen LogP contribution in [0.5, 0.6) is 0 Å². The van der Waals surface area contributed by atoms with Gasteiger partial charge >= 0.3 is 0 Å². The standard InChI is InChI=1S/C21H16N2O4/c1-12-9-10-27-18(12)19(24)22-14-7-8-17(13(2)11-14)23-20(25)15-5-3-4-6-16(15)21(23)26/h3-11H,1-2H3,(H,22,24). The third kappa shape index (κ3) is 2.71. The molecule has 2 aromatic carbocycles. The highest BCUT2D eigenvalue weighted by molar-refractivity contribution is 6.34. The van der Waals surface area contributed by atoms with Crippen LogP contribution < -0.4 is 10.2 Å². The van der Waals surface area contributed by atoms with Crippen LogP contribution in [-0.2, 0) is 0 Å². The summed E-state index contributed by atoms with van der Waals surface area (Å²) in [5.41, 5.74) is 3.27. The van der Waals surface area contributed by atoms with Crippen molar-refractivity contribution < 1.29 is 18.8 Å². The van der Waals surface area contributed by atoms with E-state index in [0.717, 1.165) is 5.56 Å². The van der Waals surface area contributed by atoms with Gasteiger partial charge in [0.2, 0.25) is 0 Å². The zero-order valence-electron chi connectivity index (χ0n) is 14.8. The van der Waals surface area contributed by atoms with Crippen LogP contribution >= 0.6 is 0 Å². The van der Waals surface area contributed by atoms with E-state index in [-0.39, 0.29) is 23.5 Å². The summed E-state index contributed by atoms with van der Waals surface area (Å²) in [6.45, 7) is 3.57. The van der Waals surface area contributed by atoms with Gasteiger partial charge in [0.15, 0.2) is 5.76 Å². The molecule has 0 unspecified atom stereocenters. The molecule has 27 heavy (non-hydrogen) atoms. The molecule has 0 bridgehead atoms. The van der Waals surface area contributed by atoms with Crippen LogP contribution in [0, 0.1) is 13.8 Å². The Kier molecular flexibility index (Phi) is 3.88. The lowest BCUT2D eigenvalue weighted by molar-refractivity contribution is 0.0924. The first kappa shape index (κ1) is 16.8. The zero-order chi connectivity index (χ0) is 19.1. The fraction of sp³-hybridized carbons (Fsp3) is 0.0952. The van der Waals surface area contributed by atoms with Gasteiger partial charge in [0.25, 0.3) is 17.7 Å². The summed E-state index contributed by atoms with van der Waals surface area (Å²) in [5.74, 6) is -0.800. The Bertz CT molecular complexity index is 1060. The topological polar surface area (TPSA) is 79.6 Å². The third-order valence-corrected chi connectivity index (χ3v) is 4.56. The van der Waals surface area contributed by atoms with E-state index in [4.69, 9.17) is 4.42 Å². The number of nitrogens with one attached hydrogen (secondary N) is 1. The van der Waals surface area contributed by atoms with E-state index < -0.39 is 0 Å². The second kappa shape index (κ2) is 6.25. The average molecular weight is 360 g/mol. The maximum absolute atomic E-state index is 12.6. The third-order valence-electron chi connectivity index (χ3n) is 4.56. The first-order chi connectivity index (χ1) is 13.0. The van der Waals surface area contributed by atoms with Crippen LogP contribution in [0.2, 0.25) is 0 Å². The molecule has 6 heteroatoms. The Balaban J connectivity index is 1.62. The van der Waals surface area contributed by atoms with E-state index in [9.17, 15) is 14.4 Å². The molecule has 2 heterocycles. The molecule has 4 rings (SSSR count). The average Bonchev–Trinajstić information content (AvgIpc) is 3.18. The summed E-state index contributed by atoms with van der Waals surface area (Å²) in [5, 5.41) is 2.76. The lowest BCUT2D eigenvalue weighted by Crippen LogP contribution is -2.30. The minimum Gasteiger partial charge on any atom is -0.459 e. The molecule has 1 aromatic heterocycles. The molecule has 3 aromatic rings. The summed E-state index contributed by atoms with van der Waals surface area (Å²) >= 11 is 0. The van der Waals surface area contributed by atoms with Crippen molar-refractivity contribution in [1.29, 1.82) is 0 Å². The number of benzene rings is 2. The summed E-state index contributed by atoms with van der Waals surface area (Å²) in [7, 11) is 0. The quantitative estimate of drug-likeness (QED) is 0.717. The predicted octanol–water partition coefficient (Wildman–Crippen LogP) is 3.95. The smallest absolute Gasteiger partial charge is 0.291 e. The summed E-state index contributed by atoms with van der Waals surface area (Å²) in [6, 6.07) is 13.5. The molecule has 134 valence electrons. The van der Waals surface area contributed by atoms with Gasteiger partial charge in [-0.05, 0) is 55.8 Å². The highest BCUT2D eigenvalue weighted by atomic mass is 16.3. The van der Waals surface area contributed by atoms with Crippen molar-refractivity contribution in [2.24, 2.45) is 0 Å². The lowest BCUT2D eigenvalue weighted by atomic mass is 10.1. The number of anilines is 2. The van der Waals surface area contributed by atoms with Gasteiger partial charge in [0, 0.05) is 11.3 Å². The zero-order valence-corrected chi connectivity index (χ0v) is 14.8. The first-order valence-corrected chi connectivity index (χ1v) is 8.41. The number of fused-ring (bicyclic) bond motifs is 1. The highest BCUT2D eigenvalue weighted by Crippen LogP contribution is 2.32. The van der Waals surface area contributed by atoms with E-state index in [0.29, 0.717) is 28.1 Å². The molecule has 0 saturated carbocycles. The predicted molar refractivity (Wildman–Crippen MR) is 100 cm³/mol. The molecule has 0 radical (unpaired) electrons. The molecule has 0 saturated heterocycles. The fourth-order valence-corrected chi connectivity index (χ4v) is 3.19. The molecule has 3 amide bonds. The number of imide groups is 1. The van der Waals surface area contributed by atoms with Gasteiger partial charge in [-0.15, -0.1) is 0 Å². The normalized spacial score (nSPS) is 13.0. The van der Waals surface area contributed by atoms with Crippen molar-refractivity contribution in [2.75, 3.05) is 10.2 Å². The Morgan fingerprint density at radius 3 is 2.15 bits per heavy atom. The number of furan rings is 1. The highest BCUT2D eigenvalue weighted by Gasteiger charge is 2.36. The number of aryl methyl sites for hydroxylation is 2. The van der Waals surface area contributed by atoms with E-state index in [1.54, 1.807) is 62.4 Å². The molecule has 0 aliphatic carbocycles. The minimum absolute atomic E-state index is 0.247. The molecule has 0 fully saturated rings.